The van der Waals surface area contributed by atoms with Crippen molar-refractivity contribution in [2.24, 2.45) is 0 Å². The fourth-order valence-corrected chi connectivity index (χ4v) is 2.12. The van der Waals surface area contributed by atoms with Gasteiger partial charge >= 0.3 is 0 Å². The summed E-state index contributed by atoms with van der Waals surface area (Å²) in [5.74, 6) is 0.939. The van der Waals surface area contributed by atoms with Crippen LogP contribution in [0.2, 0.25) is 0 Å². The quantitative estimate of drug-likeness (QED) is 0.705. The predicted molar refractivity (Wildman–Crippen MR) is 66.7 cm³/mol. The zero-order valence-electron chi connectivity index (χ0n) is 9.82. The lowest BCUT2D eigenvalue weighted by Crippen LogP contribution is -2.21. The van der Waals surface area contributed by atoms with E-state index in [1.807, 2.05) is 24.3 Å². The smallest absolute Gasteiger partial charge is 0.119 e. The van der Waals surface area contributed by atoms with Crippen LogP contribution in [0.25, 0.3) is 0 Å². The number of benzene rings is 1. The van der Waals surface area contributed by atoms with Crippen LogP contribution >= 0.6 is 0 Å². The van der Waals surface area contributed by atoms with Crippen LogP contribution in [0.15, 0.2) is 24.3 Å². The van der Waals surface area contributed by atoms with Gasteiger partial charge in [-0.1, -0.05) is 12.1 Å². The lowest BCUT2D eigenvalue weighted by Gasteiger charge is -2.14. The molecule has 0 aliphatic carbocycles. The number of nitrogens with zero attached hydrogens (tertiary/aromatic N) is 1. The molecule has 1 fully saturated rings. The number of hydrogen-bond donors (Lipinski definition) is 0. The summed E-state index contributed by atoms with van der Waals surface area (Å²) >= 11 is 0. The fourth-order valence-electron chi connectivity index (χ4n) is 2.12. The molecule has 1 heterocycles. The lowest BCUT2D eigenvalue weighted by molar-refractivity contribution is 0.263. The Kier molecular flexibility index (Phi) is 4.23. The van der Waals surface area contributed by atoms with E-state index in [1.165, 1.54) is 32.5 Å². The van der Waals surface area contributed by atoms with Crippen molar-refractivity contribution in [2.45, 2.75) is 19.3 Å². The Morgan fingerprint density at radius 1 is 1.25 bits per heavy atom. The van der Waals surface area contributed by atoms with Crippen LogP contribution in [0.3, 0.4) is 0 Å². The number of rotatable bonds is 5. The van der Waals surface area contributed by atoms with E-state index in [9.17, 15) is 0 Å². The predicted octanol–water partition coefficient (Wildman–Crippen LogP) is 2.73. The Hall–Kier alpha value is -1.02. The first kappa shape index (κ1) is 11.5. The summed E-state index contributed by atoms with van der Waals surface area (Å²) < 4.78 is 5.68. The van der Waals surface area contributed by atoms with E-state index in [0.29, 0.717) is 0 Å². The molecular formula is C14H20NO. The van der Waals surface area contributed by atoms with Crippen molar-refractivity contribution < 1.29 is 4.74 Å². The molecule has 0 amide bonds. The summed E-state index contributed by atoms with van der Waals surface area (Å²) in [5.41, 5.74) is 1.01. The van der Waals surface area contributed by atoms with Crippen molar-refractivity contribution >= 4 is 0 Å². The molecule has 1 aromatic rings. The van der Waals surface area contributed by atoms with Crippen molar-refractivity contribution in [1.29, 1.82) is 0 Å². The second kappa shape index (κ2) is 5.90. The molecule has 0 unspecified atom stereocenters. The van der Waals surface area contributed by atoms with Crippen LogP contribution in [-0.4, -0.2) is 31.1 Å². The van der Waals surface area contributed by atoms with Gasteiger partial charge in [-0.05, 0) is 57.0 Å². The maximum Gasteiger partial charge on any atom is 0.119 e. The number of hydrogen-bond acceptors (Lipinski definition) is 2. The molecule has 0 saturated carbocycles. The Balaban J connectivity index is 1.64. The molecule has 0 bridgehead atoms. The lowest BCUT2D eigenvalue weighted by atomic mass is 10.2. The van der Waals surface area contributed by atoms with Gasteiger partial charge in [0.2, 0.25) is 0 Å². The Labute approximate surface area is 98.2 Å². The van der Waals surface area contributed by atoms with E-state index < -0.39 is 0 Å². The van der Waals surface area contributed by atoms with Gasteiger partial charge in [-0.3, -0.25) is 0 Å². The van der Waals surface area contributed by atoms with E-state index in [2.05, 4.69) is 11.8 Å². The molecule has 1 aliphatic heterocycles. The molecule has 87 valence electrons. The van der Waals surface area contributed by atoms with E-state index in [0.717, 1.165) is 24.3 Å². The molecule has 0 N–H and O–H groups in total. The van der Waals surface area contributed by atoms with E-state index >= 15 is 0 Å². The van der Waals surface area contributed by atoms with Crippen LogP contribution in [0.1, 0.15) is 24.8 Å². The monoisotopic (exact) mass is 218 g/mol. The van der Waals surface area contributed by atoms with Crippen LogP contribution in [0.4, 0.5) is 0 Å². The maximum absolute atomic E-state index is 5.68. The van der Waals surface area contributed by atoms with Crippen LogP contribution in [0, 0.1) is 6.92 Å². The minimum Gasteiger partial charge on any atom is -0.494 e. The van der Waals surface area contributed by atoms with E-state index in [4.69, 9.17) is 4.74 Å². The van der Waals surface area contributed by atoms with Gasteiger partial charge in [-0.15, -0.1) is 0 Å². The third kappa shape index (κ3) is 3.53. The summed E-state index contributed by atoms with van der Waals surface area (Å²) in [6.07, 6.45) is 3.84. The topological polar surface area (TPSA) is 12.5 Å². The van der Waals surface area contributed by atoms with Gasteiger partial charge in [0.05, 0.1) is 6.61 Å². The zero-order chi connectivity index (χ0) is 11.2. The maximum atomic E-state index is 5.68. The first-order valence-corrected chi connectivity index (χ1v) is 6.12. The van der Waals surface area contributed by atoms with Crippen LogP contribution < -0.4 is 4.74 Å². The highest BCUT2D eigenvalue weighted by molar-refractivity contribution is 5.29. The first-order chi connectivity index (χ1) is 7.84. The largest absolute Gasteiger partial charge is 0.494 e. The number of ether oxygens (including phenoxy) is 1. The molecule has 16 heavy (non-hydrogen) atoms. The van der Waals surface area contributed by atoms with Crippen LogP contribution in [-0.2, 0) is 0 Å². The molecule has 1 radical (unpaired) electrons. The normalized spacial score (nSPS) is 16.6. The number of likely N-dealkylation sites (tertiary alicyclic amines) is 1. The standard InChI is InChI=1S/C14H20NO/c1-13-6-4-7-14(12-13)16-11-5-10-15-8-2-3-9-15/h4,6-7,12H,1-3,5,8-11H2. The van der Waals surface area contributed by atoms with Crippen molar-refractivity contribution in [2.75, 3.05) is 26.2 Å². The molecule has 1 saturated heterocycles. The van der Waals surface area contributed by atoms with Gasteiger partial charge in [0.1, 0.15) is 5.75 Å². The van der Waals surface area contributed by atoms with Gasteiger partial charge in [0.25, 0.3) is 0 Å². The molecule has 2 rings (SSSR count). The van der Waals surface area contributed by atoms with Crippen molar-refractivity contribution in [3.63, 3.8) is 0 Å². The van der Waals surface area contributed by atoms with E-state index in [-0.39, 0.29) is 0 Å². The van der Waals surface area contributed by atoms with Gasteiger partial charge in [-0.25, -0.2) is 0 Å². The average Bonchev–Trinajstić information content (AvgIpc) is 2.77. The highest BCUT2D eigenvalue weighted by Gasteiger charge is 2.10. The van der Waals surface area contributed by atoms with Gasteiger partial charge in [0.15, 0.2) is 0 Å². The second-order valence-corrected chi connectivity index (χ2v) is 4.40. The van der Waals surface area contributed by atoms with Gasteiger partial charge in [0, 0.05) is 6.54 Å². The Bertz CT molecular complexity index is 318. The first-order valence-electron chi connectivity index (χ1n) is 6.12. The summed E-state index contributed by atoms with van der Waals surface area (Å²) in [4.78, 5) is 2.52. The molecule has 2 nitrogen and oxygen atoms in total. The molecule has 1 aliphatic rings. The third-order valence-electron chi connectivity index (χ3n) is 2.98. The van der Waals surface area contributed by atoms with Crippen LogP contribution in [0.5, 0.6) is 5.75 Å². The second-order valence-electron chi connectivity index (χ2n) is 4.40. The molecule has 1 aromatic carbocycles. The summed E-state index contributed by atoms with van der Waals surface area (Å²) in [6.45, 7) is 8.40. The summed E-state index contributed by atoms with van der Waals surface area (Å²) in [5, 5.41) is 0. The van der Waals surface area contributed by atoms with Crippen molar-refractivity contribution in [3.05, 3.63) is 36.8 Å². The minimum absolute atomic E-state index is 0.806. The van der Waals surface area contributed by atoms with E-state index in [1.54, 1.807) is 0 Å². The highest BCUT2D eigenvalue weighted by Crippen LogP contribution is 2.13. The molecular weight excluding hydrogens is 198 g/mol. The Morgan fingerprint density at radius 2 is 2.06 bits per heavy atom. The highest BCUT2D eigenvalue weighted by atomic mass is 16.5. The molecule has 0 aromatic heterocycles. The van der Waals surface area contributed by atoms with Gasteiger partial charge < -0.3 is 9.64 Å². The molecule has 0 spiro atoms. The minimum atomic E-state index is 0.806. The fraction of sp³-hybridized carbons (Fsp3) is 0.500. The van der Waals surface area contributed by atoms with Gasteiger partial charge in [-0.2, -0.15) is 0 Å². The third-order valence-corrected chi connectivity index (χ3v) is 2.98. The molecule has 0 atom stereocenters. The van der Waals surface area contributed by atoms with Crippen molar-refractivity contribution in [3.8, 4) is 5.75 Å². The SMILES string of the molecule is [CH2]c1cccc(OCCCN2CCCC2)c1. The summed E-state index contributed by atoms with van der Waals surface area (Å²) in [6, 6.07) is 7.94. The summed E-state index contributed by atoms with van der Waals surface area (Å²) in [7, 11) is 0. The average molecular weight is 218 g/mol. The zero-order valence-corrected chi connectivity index (χ0v) is 9.82. The molecule has 2 heteroatoms. The van der Waals surface area contributed by atoms with Crippen molar-refractivity contribution in [1.82, 2.24) is 4.90 Å². The Morgan fingerprint density at radius 3 is 2.81 bits per heavy atom.